The molecule has 2 N–H and O–H groups in total. The Hall–Kier alpha value is -3.64. The molecule has 182 valence electrons. The van der Waals surface area contributed by atoms with Gasteiger partial charge in [0.1, 0.15) is 5.75 Å². The molecule has 35 heavy (non-hydrogen) atoms. The van der Waals surface area contributed by atoms with Crippen molar-refractivity contribution in [3.63, 3.8) is 0 Å². The SMILES string of the molecule is COc1ccccc1CCNCCCCC(=O)c1ccc2c(c1)CCN2C(=O)Nc1ccccc1. The third-order valence-electron chi connectivity index (χ3n) is 6.34. The van der Waals surface area contributed by atoms with Gasteiger partial charge >= 0.3 is 6.03 Å². The second-order valence-corrected chi connectivity index (χ2v) is 8.73. The van der Waals surface area contributed by atoms with Crippen molar-refractivity contribution in [2.24, 2.45) is 0 Å². The molecule has 0 aromatic heterocycles. The molecule has 3 aromatic carbocycles. The Balaban J connectivity index is 1.19. The molecular formula is C29H33N3O3. The normalized spacial score (nSPS) is 12.3. The Bertz CT molecular complexity index is 1150. The van der Waals surface area contributed by atoms with Crippen LogP contribution in [0.25, 0.3) is 0 Å². The minimum absolute atomic E-state index is 0.146. The molecule has 0 spiro atoms. The number of urea groups is 1. The van der Waals surface area contributed by atoms with E-state index in [1.54, 1.807) is 12.0 Å². The van der Waals surface area contributed by atoms with E-state index in [1.807, 2.05) is 66.7 Å². The maximum atomic E-state index is 12.7. The molecular weight excluding hydrogens is 438 g/mol. The highest BCUT2D eigenvalue weighted by Crippen LogP contribution is 2.30. The van der Waals surface area contributed by atoms with E-state index < -0.39 is 0 Å². The average molecular weight is 472 g/mol. The summed E-state index contributed by atoms with van der Waals surface area (Å²) in [6.07, 6.45) is 4.01. The number of hydrogen-bond acceptors (Lipinski definition) is 4. The molecule has 0 radical (unpaired) electrons. The lowest BCUT2D eigenvalue weighted by atomic mass is 10.0. The first-order valence-corrected chi connectivity index (χ1v) is 12.3. The van der Waals surface area contributed by atoms with Gasteiger partial charge < -0.3 is 15.4 Å². The van der Waals surface area contributed by atoms with Crippen LogP contribution in [0, 0.1) is 0 Å². The van der Waals surface area contributed by atoms with Crippen molar-refractivity contribution in [2.75, 3.05) is 37.0 Å². The molecule has 0 atom stereocenters. The number of ketones is 1. The third-order valence-corrected chi connectivity index (χ3v) is 6.34. The molecule has 0 fully saturated rings. The van der Waals surface area contributed by atoms with E-state index in [4.69, 9.17) is 4.74 Å². The number of carbonyl (C=O) groups is 2. The lowest BCUT2D eigenvalue weighted by molar-refractivity contribution is 0.0979. The van der Waals surface area contributed by atoms with Crippen molar-refractivity contribution in [3.05, 3.63) is 89.5 Å². The van der Waals surface area contributed by atoms with Crippen molar-refractivity contribution in [3.8, 4) is 5.75 Å². The number of fused-ring (bicyclic) bond motifs is 1. The summed E-state index contributed by atoms with van der Waals surface area (Å²) in [5, 5.41) is 6.39. The molecule has 6 heteroatoms. The molecule has 1 aliphatic heterocycles. The van der Waals surface area contributed by atoms with Gasteiger partial charge in [-0.05, 0) is 86.3 Å². The number of para-hydroxylation sites is 2. The number of anilines is 2. The van der Waals surface area contributed by atoms with Crippen molar-refractivity contribution in [2.45, 2.75) is 32.1 Å². The number of nitrogens with one attached hydrogen (secondary N) is 2. The molecule has 0 aliphatic carbocycles. The zero-order valence-corrected chi connectivity index (χ0v) is 20.3. The maximum absolute atomic E-state index is 12.7. The van der Waals surface area contributed by atoms with E-state index >= 15 is 0 Å². The van der Waals surface area contributed by atoms with Gasteiger partial charge in [0.15, 0.2) is 5.78 Å². The smallest absolute Gasteiger partial charge is 0.326 e. The first-order chi connectivity index (χ1) is 17.2. The van der Waals surface area contributed by atoms with Gasteiger partial charge in [0, 0.05) is 29.9 Å². The van der Waals surface area contributed by atoms with Crippen LogP contribution in [0.1, 0.15) is 40.7 Å². The molecule has 0 saturated heterocycles. The summed E-state index contributed by atoms with van der Waals surface area (Å²) in [6.45, 7) is 2.39. The summed E-state index contributed by atoms with van der Waals surface area (Å²) in [5.74, 6) is 1.09. The molecule has 1 heterocycles. The van der Waals surface area contributed by atoms with Crippen molar-refractivity contribution in [1.29, 1.82) is 0 Å². The monoisotopic (exact) mass is 471 g/mol. The standard InChI is InChI=1S/C29H33N3O3/c1-35-28-13-6-5-9-22(28)16-19-30-18-8-7-12-27(33)24-14-15-26-23(21-24)17-20-32(26)29(34)31-25-10-3-2-4-11-25/h2-6,9-11,13-15,21,30H,7-8,12,16-20H2,1H3,(H,31,34). The van der Waals surface area contributed by atoms with Gasteiger partial charge in [-0.15, -0.1) is 0 Å². The minimum Gasteiger partial charge on any atom is -0.496 e. The summed E-state index contributed by atoms with van der Waals surface area (Å²) in [6, 6.07) is 23.1. The molecule has 1 aliphatic rings. The third kappa shape index (κ3) is 6.49. The van der Waals surface area contributed by atoms with Crippen LogP contribution in [0.3, 0.4) is 0 Å². The second-order valence-electron chi connectivity index (χ2n) is 8.73. The fourth-order valence-electron chi connectivity index (χ4n) is 4.44. The van der Waals surface area contributed by atoms with Crippen molar-refractivity contribution < 1.29 is 14.3 Å². The molecule has 6 nitrogen and oxygen atoms in total. The summed E-state index contributed by atoms with van der Waals surface area (Å²) in [4.78, 5) is 27.2. The van der Waals surface area contributed by atoms with Gasteiger partial charge in [-0.2, -0.15) is 0 Å². The number of Topliss-reactive ketones (excluding diaryl/α,β-unsaturated/α-hetero) is 1. The van der Waals surface area contributed by atoms with Gasteiger partial charge in [-0.25, -0.2) is 4.79 Å². The number of hydrogen-bond donors (Lipinski definition) is 2. The van der Waals surface area contributed by atoms with E-state index in [2.05, 4.69) is 16.7 Å². The number of ether oxygens (including phenoxy) is 1. The second kappa shape index (κ2) is 12.2. The van der Waals surface area contributed by atoms with E-state index in [0.717, 1.165) is 67.0 Å². The van der Waals surface area contributed by atoms with Crippen LogP contribution in [-0.2, 0) is 12.8 Å². The first-order valence-electron chi connectivity index (χ1n) is 12.3. The molecule has 0 unspecified atom stereocenters. The minimum atomic E-state index is -0.146. The number of unbranched alkanes of at least 4 members (excludes halogenated alkanes) is 1. The van der Waals surface area contributed by atoms with Crippen LogP contribution in [0.5, 0.6) is 5.75 Å². The van der Waals surface area contributed by atoms with Crippen LogP contribution in [0.4, 0.5) is 16.2 Å². The van der Waals surface area contributed by atoms with E-state index in [1.165, 1.54) is 5.56 Å². The summed E-state index contributed by atoms with van der Waals surface area (Å²) in [7, 11) is 1.70. The fraction of sp³-hybridized carbons (Fsp3) is 0.310. The number of amides is 2. The van der Waals surface area contributed by atoms with Gasteiger partial charge in [0.05, 0.1) is 7.11 Å². The molecule has 0 saturated carbocycles. The average Bonchev–Trinajstić information content (AvgIpc) is 3.32. The molecule has 4 rings (SSSR count). The Labute approximate surface area is 207 Å². The summed E-state index contributed by atoms with van der Waals surface area (Å²) >= 11 is 0. The van der Waals surface area contributed by atoms with Gasteiger partial charge in [0.25, 0.3) is 0 Å². The number of benzene rings is 3. The number of carbonyl (C=O) groups excluding carboxylic acids is 2. The fourth-order valence-corrected chi connectivity index (χ4v) is 4.44. The lowest BCUT2D eigenvalue weighted by Gasteiger charge is -2.18. The predicted octanol–water partition coefficient (Wildman–Crippen LogP) is 5.48. The highest BCUT2D eigenvalue weighted by molar-refractivity contribution is 6.04. The van der Waals surface area contributed by atoms with Crippen LogP contribution < -0.4 is 20.3 Å². The van der Waals surface area contributed by atoms with E-state index in [-0.39, 0.29) is 11.8 Å². The highest BCUT2D eigenvalue weighted by atomic mass is 16.5. The Morgan fingerprint density at radius 2 is 1.74 bits per heavy atom. The van der Waals surface area contributed by atoms with Crippen LogP contribution in [0.2, 0.25) is 0 Å². The zero-order chi connectivity index (χ0) is 24.5. The Morgan fingerprint density at radius 3 is 2.57 bits per heavy atom. The van der Waals surface area contributed by atoms with Crippen LogP contribution in [0.15, 0.2) is 72.8 Å². The highest BCUT2D eigenvalue weighted by Gasteiger charge is 2.25. The van der Waals surface area contributed by atoms with E-state index in [0.29, 0.717) is 13.0 Å². The molecule has 3 aromatic rings. The molecule has 2 amide bonds. The quantitative estimate of drug-likeness (QED) is 0.287. The topological polar surface area (TPSA) is 70.7 Å². The molecule has 0 bridgehead atoms. The largest absolute Gasteiger partial charge is 0.496 e. The van der Waals surface area contributed by atoms with Gasteiger partial charge in [-0.3, -0.25) is 9.69 Å². The number of methoxy groups -OCH3 is 1. The first kappa shape index (κ1) is 24.5. The lowest BCUT2D eigenvalue weighted by Crippen LogP contribution is -2.33. The van der Waals surface area contributed by atoms with Crippen molar-refractivity contribution in [1.82, 2.24) is 5.32 Å². The van der Waals surface area contributed by atoms with Gasteiger partial charge in [0.2, 0.25) is 0 Å². The summed E-state index contributed by atoms with van der Waals surface area (Å²) in [5.41, 5.74) is 4.64. The summed E-state index contributed by atoms with van der Waals surface area (Å²) < 4.78 is 5.39. The van der Waals surface area contributed by atoms with Crippen molar-refractivity contribution >= 4 is 23.2 Å². The predicted molar refractivity (Wildman–Crippen MR) is 141 cm³/mol. The Kier molecular flexibility index (Phi) is 8.52. The van der Waals surface area contributed by atoms with Crippen LogP contribution in [-0.4, -0.2) is 38.6 Å². The Morgan fingerprint density at radius 1 is 0.943 bits per heavy atom. The number of nitrogens with zero attached hydrogens (tertiary/aromatic N) is 1. The van der Waals surface area contributed by atoms with E-state index in [9.17, 15) is 9.59 Å². The van der Waals surface area contributed by atoms with Crippen LogP contribution >= 0.6 is 0 Å². The maximum Gasteiger partial charge on any atom is 0.326 e. The zero-order valence-electron chi connectivity index (χ0n) is 20.3. The van der Waals surface area contributed by atoms with Gasteiger partial charge in [-0.1, -0.05) is 36.4 Å². The number of rotatable bonds is 11.